The van der Waals surface area contributed by atoms with E-state index in [9.17, 15) is 4.79 Å². The van der Waals surface area contributed by atoms with Crippen molar-refractivity contribution >= 4 is 5.91 Å². The molecule has 4 aromatic rings. The summed E-state index contributed by atoms with van der Waals surface area (Å²) < 4.78 is 11.8. The van der Waals surface area contributed by atoms with E-state index in [4.69, 9.17) is 9.47 Å². The van der Waals surface area contributed by atoms with E-state index in [-0.39, 0.29) is 18.6 Å². The zero-order valence-electron chi connectivity index (χ0n) is 19.3. The molecule has 0 aromatic heterocycles. The Balaban J connectivity index is 1.48. The van der Waals surface area contributed by atoms with Crippen LogP contribution in [0.2, 0.25) is 0 Å². The lowest BCUT2D eigenvalue weighted by molar-refractivity contribution is -0.139. The summed E-state index contributed by atoms with van der Waals surface area (Å²) >= 11 is 0. The summed E-state index contributed by atoms with van der Waals surface area (Å²) in [4.78, 5) is 15.2. The van der Waals surface area contributed by atoms with Crippen LogP contribution in [0.3, 0.4) is 0 Å². The predicted molar refractivity (Wildman–Crippen MR) is 134 cm³/mol. The van der Waals surface area contributed by atoms with Gasteiger partial charge in [-0.15, -0.1) is 0 Å². The van der Waals surface area contributed by atoms with Crippen LogP contribution in [0.25, 0.3) is 0 Å². The molecule has 4 aromatic carbocycles. The Morgan fingerprint density at radius 2 is 1.32 bits per heavy atom. The van der Waals surface area contributed by atoms with Crippen molar-refractivity contribution in [2.24, 2.45) is 0 Å². The first-order valence-electron chi connectivity index (χ1n) is 11.5. The molecule has 34 heavy (non-hydrogen) atoms. The first-order chi connectivity index (χ1) is 16.7. The molecule has 0 saturated heterocycles. The molecule has 0 heterocycles. The molecule has 0 bridgehead atoms. The summed E-state index contributed by atoms with van der Waals surface area (Å²) in [6, 6.07) is 37.4. The van der Waals surface area contributed by atoms with E-state index in [1.165, 1.54) is 0 Å². The molecule has 172 valence electrons. The zero-order valence-corrected chi connectivity index (χ0v) is 19.3. The van der Waals surface area contributed by atoms with Gasteiger partial charge in [0.05, 0.1) is 12.6 Å². The smallest absolute Gasteiger partial charge is 0.249 e. The number of hydrogen-bond donors (Lipinski definition) is 0. The first kappa shape index (κ1) is 23.3. The number of rotatable bonds is 10. The van der Waals surface area contributed by atoms with E-state index in [2.05, 4.69) is 6.92 Å². The highest BCUT2D eigenvalue weighted by Crippen LogP contribution is 2.26. The summed E-state index contributed by atoms with van der Waals surface area (Å²) in [6.45, 7) is 2.93. The van der Waals surface area contributed by atoms with Gasteiger partial charge in [-0.1, -0.05) is 91.0 Å². The summed E-state index contributed by atoms with van der Waals surface area (Å²) in [5, 5.41) is 0. The van der Waals surface area contributed by atoms with Gasteiger partial charge in [-0.2, -0.15) is 0 Å². The largest absolute Gasteiger partial charge is 0.457 e. The zero-order chi connectivity index (χ0) is 23.6. The normalized spacial score (nSPS) is 11.6. The molecule has 1 unspecified atom stereocenters. The molecule has 0 radical (unpaired) electrons. The number of para-hydroxylation sites is 1. The molecule has 4 heteroatoms. The summed E-state index contributed by atoms with van der Waals surface area (Å²) in [6.07, 6.45) is 0. The Kier molecular flexibility index (Phi) is 8.09. The Bertz CT molecular complexity index is 1160. The van der Waals surface area contributed by atoms with Gasteiger partial charge in [0.2, 0.25) is 5.91 Å². The maximum absolute atomic E-state index is 13.3. The quantitative estimate of drug-likeness (QED) is 0.267. The number of amides is 1. The highest BCUT2D eigenvalue weighted by molar-refractivity contribution is 5.78. The van der Waals surface area contributed by atoms with Crippen molar-refractivity contribution in [1.29, 1.82) is 0 Å². The van der Waals surface area contributed by atoms with E-state index in [0.717, 1.165) is 28.2 Å². The Morgan fingerprint density at radius 1 is 0.735 bits per heavy atom. The Hall–Kier alpha value is -3.89. The molecule has 0 aliphatic heterocycles. The lowest BCUT2D eigenvalue weighted by Gasteiger charge is -2.30. The van der Waals surface area contributed by atoms with E-state index in [1.807, 2.05) is 120 Å². The molecular weight excluding hydrogens is 422 g/mol. The summed E-state index contributed by atoms with van der Waals surface area (Å²) in [7, 11) is 0. The van der Waals surface area contributed by atoms with Crippen LogP contribution in [0.1, 0.15) is 29.7 Å². The second-order valence-corrected chi connectivity index (χ2v) is 8.15. The van der Waals surface area contributed by atoms with Crippen LogP contribution in [0, 0.1) is 0 Å². The van der Waals surface area contributed by atoms with E-state index < -0.39 is 0 Å². The van der Waals surface area contributed by atoms with Crippen molar-refractivity contribution in [1.82, 2.24) is 4.90 Å². The minimum atomic E-state index is -0.104. The van der Waals surface area contributed by atoms with E-state index in [0.29, 0.717) is 13.2 Å². The number of carbonyl (C=O) groups excluding carboxylic acids is 1. The van der Waals surface area contributed by atoms with Crippen LogP contribution in [-0.4, -0.2) is 17.4 Å². The van der Waals surface area contributed by atoms with Gasteiger partial charge in [0.15, 0.2) is 0 Å². The fourth-order valence-electron chi connectivity index (χ4n) is 3.79. The average Bonchev–Trinajstić information content (AvgIpc) is 2.89. The van der Waals surface area contributed by atoms with Gasteiger partial charge in [-0.3, -0.25) is 4.79 Å². The number of nitrogens with zero attached hydrogens (tertiary/aromatic N) is 1. The van der Waals surface area contributed by atoms with Crippen LogP contribution in [0.5, 0.6) is 11.5 Å². The topological polar surface area (TPSA) is 38.8 Å². The summed E-state index contributed by atoms with van der Waals surface area (Å²) in [5.41, 5.74) is 3.12. The third-order valence-corrected chi connectivity index (χ3v) is 5.64. The van der Waals surface area contributed by atoms with Crippen molar-refractivity contribution in [3.8, 4) is 11.5 Å². The van der Waals surface area contributed by atoms with Crippen LogP contribution < -0.4 is 4.74 Å². The average molecular weight is 452 g/mol. The van der Waals surface area contributed by atoms with Gasteiger partial charge in [0.25, 0.3) is 0 Å². The van der Waals surface area contributed by atoms with Crippen LogP contribution in [-0.2, 0) is 22.7 Å². The van der Waals surface area contributed by atoms with Gasteiger partial charge in [-0.05, 0) is 47.9 Å². The second kappa shape index (κ2) is 11.8. The van der Waals surface area contributed by atoms with Gasteiger partial charge < -0.3 is 14.4 Å². The van der Waals surface area contributed by atoms with Gasteiger partial charge in [0.1, 0.15) is 18.1 Å². The van der Waals surface area contributed by atoms with Gasteiger partial charge in [0, 0.05) is 6.54 Å². The molecule has 0 aliphatic rings. The second-order valence-electron chi connectivity index (χ2n) is 8.15. The fraction of sp³-hybridized carbons (Fsp3) is 0.167. The monoisotopic (exact) mass is 451 g/mol. The van der Waals surface area contributed by atoms with Crippen molar-refractivity contribution < 1.29 is 14.3 Å². The van der Waals surface area contributed by atoms with Crippen LogP contribution in [0.15, 0.2) is 115 Å². The first-order valence-corrected chi connectivity index (χ1v) is 11.5. The van der Waals surface area contributed by atoms with Crippen molar-refractivity contribution in [2.75, 3.05) is 6.61 Å². The Morgan fingerprint density at radius 3 is 2.03 bits per heavy atom. The van der Waals surface area contributed by atoms with E-state index >= 15 is 0 Å². The van der Waals surface area contributed by atoms with Crippen molar-refractivity contribution in [3.05, 3.63) is 132 Å². The van der Waals surface area contributed by atoms with Crippen molar-refractivity contribution in [3.63, 3.8) is 0 Å². The number of ether oxygens (including phenoxy) is 2. The summed E-state index contributed by atoms with van der Waals surface area (Å²) in [5.74, 6) is 1.46. The molecule has 1 amide bonds. The number of carbonyl (C=O) groups is 1. The highest BCUT2D eigenvalue weighted by Gasteiger charge is 2.22. The number of benzene rings is 4. The molecule has 0 aliphatic carbocycles. The third kappa shape index (κ3) is 6.56. The molecule has 0 fully saturated rings. The maximum atomic E-state index is 13.3. The fourth-order valence-corrected chi connectivity index (χ4v) is 3.79. The third-order valence-electron chi connectivity index (χ3n) is 5.64. The highest BCUT2D eigenvalue weighted by atomic mass is 16.5. The molecule has 4 nitrogen and oxygen atoms in total. The minimum absolute atomic E-state index is 0.0201. The van der Waals surface area contributed by atoms with Crippen LogP contribution in [0.4, 0.5) is 0 Å². The van der Waals surface area contributed by atoms with Crippen molar-refractivity contribution in [2.45, 2.75) is 26.1 Å². The maximum Gasteiger partial charge on any atom is 0.249 e. The van der Waals surface area contributed by atoms with Crippen LogP contribution >= 0.6 is 0 Å². The SMILES string of the molecule is CC(c1ccccc1)N(Cc1cccc(Oc2ccccc2)c1)C(=O)COCc1ccccc1. The molecule has 1 atom stereocenters. The van der Waals surface area contributed by atoms with Gasteiger partial charge >= 0.3 is 0 Å². The predicted octanol–water partition coefficient (Wildman–Crippen LogP) is 6.79. The van der Waals surface area contributed by atoms with E-state index in [1.54, 1.807) is 0 Å². The van der Waals surface area contributed by atoms with Gasteiger partial charge in [-0.25, -0.2) is 0 Å². The lowest BCUT2D eigenvalue weighted by Crippen LogP contribution is -2.35. The Labute approximate surface area is 201 Å². The molecular formula is C30H29NO3. The molecule has 0 spiro atoms. The minimum Gasteiger partial charge on any atom is -0.457 e. The number of hydrogen-bond acceptors (Lipinski definition) is 3. The lowest BCUT2D eigenvalue weighted by atomic mass is 10.1. The molecule has 0 saturated carbocycles. The standard InChI is InChI=1S/C30H29NO3/c1-24(27-15-7-3-8-16-27)31(30(32)23-33-22-25-12-5-2-6-13-25)21-26-14-11-19-29(20-26)34-28-17-9-4-10-18-28/h2-20,24H,21-23H2,1H3. The molecule has 0 N–H and O–H groups in total. The molecule has 4 rings (SSSR count).